The van der Waals surface area contributed by atoms with Gasteiger partial charge in [-0.3, -0.25) is 0 Å². The lowest BCUT2D eigenvalue weighted by Gasteiger charge is -2.09. The van der Waals surface area contributed by atoms with Crippen molar-refractivity contribution in [3.05, 3.63) is 47.5 Å². The molecule has 0 aliphatic heterocycles. The van der Waals surface area contributed by atoms with E-state index in [-0.39, 0.29) is 6.10 Å². The predicted molar refractivity (Wildman–Crippen MR) is 72.1 cm³/mol. The van der Waals surface area contributed by atoms with Crippen LogP contribution < -0.4 is 4.74 Å². The molecular weight excluding hydrogens is 240 g/mol. The number of benzene rings is 1. The number of aryl methyl sites for hydroxylation is 2. The topological polar surface area (TPSA) is 47.3 Å². The Hall–Kier alpha value is -1.81. The third kappa shape index (κ3) is 2.49. The number of hydrogen-bond donors (Lipinski definition) is 1. The third-order valence-corrected chi connectivity index (χ3v) is 3.68. The normalized spacial score (nSPS) is 17.5. The largest absolute Gasteiger partial charge is 0.493 e. The van der Waals surface area contributed by atoms with E-state index in [9.17, 15) is 5.11 Å². The van der Waals surface area contributed by atoms with Crippen LogP contribution in [0.1, 0.15) is 29.5 Å². The minimum Gasteiger partial charge on any atom is -0.493 e. The van der Waals surface area contributed by atoms with Crippen LogP contribution in [0.2, 0.25) is 0 Å². The molecule has 0 bridgehead atoms. The Labute approximate surface area is 112 Å². The summed E-state index contributed by atoms with van der Waals surface area (Å²) in [6.07, 6.45) is 6.00. The minimum absolute atomic E-state index is 0.295. The molecule has 4 nitrogen and oxygen atoms in total. The number of hydrogen-bond acceptors (Lipinski definition) is 3. The van der Waals surface area contributed by atoms with Crippen molar-refractivity contribution < 1.29 is 9.84 Å². The molecule has 1 aliphatic carbocycles. The van der Waals surface area contributed by atoms with Crippen molar-refractivity contribution in [1.82, 2.24) is 9.55 Å². The SMILES string of the molecule is Cn1ccnc1CCOc1ccc2c(c1)CCC2O. The molecule has 100 valence electrons. The van der Waals surface area contributed by atoms with Crippen LogP contribution in [0.25, 0.3) is 0 Å². The zero-order chi connectivity index (χ0) is 13.2. The zero-order valence-electron chi connectivity index (χ0n) is 11.0. The average Bonchev–Trinajstić information content (AvgIpc) is 2.97. The molecule has 1 aromatic heterocycles. The summed E-state index contributed by atoms with van der Waals surface area (Å²) in [6, 6.07) is 5.96. The summed E-state index contributed by atoms with van der Waals surface area (Å²) in [5.41, 5.74) is 2.26. The Bertz CT molecular complexity index is 577. The van der Waals surface area contributed by atoms with E-state index in [2.05, 4.69) is 4.98 Å². The number of imidazole rings is 1. The molecular formula is C15H18N2O2. The number of aromatic nitrogens is 2. The van der Waals surface area contributed by atoms with Crippen molar-refractivity contribution in [1.29, 1.82) is 0 Å². The van der Waals surface area contributed by atoms with Crippen LogP contribution in [0.3, 0.4) is 0 Å². The maximum Gasteiger partial charge on any atom is 0.119 e. The lowest BCUT2D eigenvalue weighted by molar-refractivity contribution is 0.180. The highest BCUT2D eigenvalue weighted by atomic mass is 16.5. The maximum absolute atomic E-state index is 9.75. The number of aliphatic hydroxyl groups excluding tert-OH is 1. The van der Waals surface area contributed by atoms with Gasteiger partial charge in [0.15, 0.2) is 0 Å². The standard InChI is InChI=1S/C15H18N2O2/c1-17-8-7-16-15(17)6-9-19-12-3-4-13-11(10-12)2-5-14(13)18/h3-4,7-8,10,14,18H,2,5-6,9H2,1H3. The van der Waals surface area contributed by atoms with Crippen LogP contribution in [0.4, 0.5) is 0 Å². The summed E-state index contributed by atoms with van der Waals surface area (Å²) < 4.78 is 7.76. The van der Waals surface area contributed by atoms with Crippen molar-refractivity contribution in [2.45, 2.75) is 25.4 Å². The lowest BCUT2D eigenvalue weighted by atomic mass is 10.1. The van der Waals surface area contributed by atoms with Gasteiger partial charge in [0.05, 0.1) is 12.7 Å². The quantitative estimate of drug-likeness (QED) is 0.912. The second-order valence-corrected chi connectivity index (χ2v) is 4.97. The first-order valence-electron chi connectivity index (χ1n) is 6.64. The molecule has 0 amide bonds. The summed E-state index contributed by atoms with van der Waals surface area (Å²) in [5, 5.41) is 9.75. The average molecular weight is 258 g/mol. The van der Waals surface area contributed by atoms with Crippen molar-refractivity contribution in [2.24, 2.45) is 7.05 Å². The van der Waals surface area contributed by atoms with Crippen LogP contribution in [0.5, 0.6) is 5.75 Å². The van der Waals surface area contributed by atoms with E-state index in [0.29, 0.717) is 6.61 Å². The molecule has 3 rings (SSSR count). The van der Waals surface area contributed by atoms with E-state index in [4.69, 9.17) is 4.74 Å². The Kier molecular flexibility index (Phi) is 3.25. The maximum atomic E-state index is 9.75. The Morgan fingerprint density at radius 3 is 3.16 bits per heavy atom. The van der Waals surface area contributed by atoms with Gasteiger partial charge in [-0.15, -0.1) is 0 Å². The predicted octanol–water partition coefficient (Wildman–Crippen LogP) is 2.02. The van der Waals surface area contributed by atoms with Crippen molar-refractivity contribution in [3.63, 3.8) is 0 Å². The summed E-state index contributed by atoms with van der Waals surface area (Å²) in [6.45, 7) is 0.617. The molecule has 0 fully saturated rings. The molecule has 1 atom stereocenters. The van der Waals surface area contributed by atoms with Gasteiger partial charge in [0.25, 0.3) is 0 Å². The molecule has 0 saturated heterocycles. The van der Waals surface area contributed by atoms with Gasteiger partial charge in [-0.2, -0.15) is 0 Å². The van der Waals surface area contributed by atoms with Gasteiger partial charge in [0.1, 0.15) is 11.6 Å². The molecule has 1 heterocycles. The molecule has 4 heteroatoms. The van der Waals surface area contributed by atoms with Gasteiger partial charge in [-0.25, -0.2) is 4.98 Å². The van der Waals surface area contributed by atoms with E-state index in [1.54, 1.807) is 6.20 Å². The number of nitrogens with zero attached hydrogens (tertiary/aromatic N) is 2. The van der Waals surface area contributed by atoms with Crippen molar-refractivity contribution in [3.8, 4) is 5.75 Å². The molecule has 0 radical (unpaired) electrons. The molecule has 19 heavy (non-hydrogen) atoms. The van der Waals surface area contributed by atoms with Gasteiger partial charge in [0.2, 0.25) is 0 Å². The summed E-state index contributed by atoms with van der Waals surface area (Å²) in [7, 11) is 1.99. The summed E-state index contributed by atoms with van der Waals surface area (Å²) in [5.74, 6) is 1.90. The number of rotatable bonds is 4. The van der Waals surface area contributed by atoms with Gasteiger partial charge in [0, 0.05) is 25.9 Å². The van der Waals surface area contributed by atoms with Gasteiger partial charge in [-0.1, -0.05) is 6.07 Å². The summed E-state index contributed by atoms with van der Waals surface area (Å²) >= 11 is 0. The Balaban J connectivity index is 1.60. The van der Waals surface area contributed by atoms with Gasteiger partial charge < -0.3 is 14.4 Å². The Morgan fingerprint density at radius 1 is 1.47 bits per heavy atom. The first kappa shape index (κ1) is 12.2. The lowest BCUT2D eigenvalue weighted by Crippen LogP contribution is -2.06. The van der Waals surface area contributed by atoms with Crippen LogP contribution >= 0.6 is 0 Å². The highest BCUT2D eigenvalue weighted by Crippen LogP contribution is 2.33. The van der Waals surface area contributed by atoms with E-state index in [0.717, 1.165) is 36.4 Å². The van der Waals surface area contributed by atoms with E-state index < -0.39 is 0 Å². The number of fused-ring (bicyclic) bond motifs is 1. The first-order chi connectivity index (χ1) is 9.24. The fourth-order valence-electron chi connectivity index (χ4n) is 2.56. The molecule has 0 spiro atoms. The van der Waals surface area contributed by atoms with Crippen LogP contribution in [-0.2, 0) is 19.9 Å². The summed E-state index contributed by atoms with van der Waals surface area (Å²) in [4.78, 5) is 4.26. The fourth-order valence-corrected chi connectivity index (χ4v) is 2.56. The molecule has 1 aromatic carbocycles. The number of aliphatic hydroxyl groups is 1. The second kappa shape index (κ2) is 5.05. The van der Waals surface area contributed by atoms with Crippen molar-refractivity contribution >= 4 is 0 Å². The molecule has 2 aromatic rings. The second-order valence-electron chi connectivity index (χ2n) is 4.97. The van der Waals surface area contributed by atoms with Gasteiger partial charge in [-0.05, 0) is 36.1 Å². The van der Waals surface area contributed by atoms with Crippen LogP contribution in [-0.4, -0.2) is 21.3 Å². The zero-order valence-corrected chi connectivity index (χ0v) is 11.0. The van der Waals surface area contributed by atoms with Crippen molar-refractivity contribution in [2.75, 3.05) is 6.61 Å². The van der Waals surface area contributed by atoms with Crippen LogP contribution in [0, 0.1) is 0 Å². The number of ether oxygens (including phenoxy) is 1. The minimum atomic E-state index is -0.295. The van der Waals surface area contributed by atoms with Crippen LogP contribution in [0.15, 0.2) is 30.6 Å². The molecule has 1 N–H and O–H groups in total. The van der Waals surface area contributed by atoms with E-state index in [1.807, 2.05) is 36.0 Å². The molecule has 1 unspecified atom stereocenters. The van der Waals surface area contributed by atoms with E-state index >= 15 is 0 Å². The Morgan fingerprint density at radius 2 is 2.37 bits per heavy atom. The van der Waals surface area contributed by atoms with E-state index in [1.165, 1.54) is 5.56 Å². The smallest absolute Gasteiger partial charge is 0.119 e. The third-order valence-electron chi connectivity index (χ3n) is 3.68. The fraction of sp³-hybridized carbons (Fsp3) is 0.400. The highest BCUT2D eigenvalue weighted by Gasteiger charge is 2.20. The monoisotopic (exact) mass is 258 g/mol. The highest BCUT2D eigenvalue weighted by molar-refractivity contribution is 5.39. The molecule has 1 aliphatic rings. The van der Waals surface area contributed by atoms with Gasteiger partial charge >= 0.3 is 0 Å². The molecule has 0 saturated carbocycles. The first-order valence-corrected chi connectivity index (χ1v) is 6.64.